The van der Waals surface area contributed by atoms with Crippen LogP contribution in [0.2, 0.25) is 0 Å². The van der Waals surface area contributed by atoms with E-state index >= 15 is 0 Å². The fourth-order valence-electron chi connectivity index (χ4n) is 3.01. The van der Waals surface area contributed by atoms with Crippen molar-refractivity contribution in [1.29, 1.82) is 0 Å². The quantitative estimate of drug-likeness (QED) is 0.604. The van der Waals surface area contributed by atoms with Crippen molar-refractivity contribution in [2.75, 3.05) is 14.1 Å². The molecule has 0 aliphatic heterocycles. The van der Waals surface area contributed by atoms with E-state index in [1.165, 1.54) is 65.7 Å². The first-order chi connectivity index (χ1) is 13.2. The number of aromatic nitrogens is 2. The molecular formula is C19H20FN3O4S. The van der Waals surface area contributed by atoms with Crippen molar-refractivity contribution in [3.63, 3.8) is 0 Å². The first-order valence-electron chi connectivity index (χ1n) is 8.61. The van der Waals surface area contributed by atoms with Gasteiger partial charge in [-0.15, -0.1) is 0 Å². The summed E-state index contributed by atoms with van der Waals surface area (Å²) >= 11 is 0. The molecule has 0 aliphatic carbocycles. The van der Waals surface area contributed by atoms with Gasteiger partial charge in [-0.1, -0.05) is 12.1 Å². The Morgan fingerprint density at radius 1 is 0.929 bits per heavy atom. The van der Waals surface area contributed by atoms with E-state index in [4.69, 9.17) is 0 Å². The van der Waals surface area contributed by atoms with Crippen molar-refractivity contribution >= 4 is 21.1 Å². The van der Waals surface area contributed by atoms with E-state index in [0.29, 0.717) is 16.6 Å². The standard InChI is InChI=1S/C19H20FN3O4S/c1-4-22-16-10-9-15(28(26,27)21(2)3)11-17(16)23(19(25)18(22)24)12-13-5-7-14(20)8-6-13/h5-11H,4,12H2,1-3H3. The zero-order valence-corrected chi connectivity index (χ0v) is 16.5. The highest BCUT2D eigenvalue weighted by molar-refractivity contribution is 7.89. The largest absolute Gasteiger partial charge is 0.317 e. The van der Waals surface area contributed by atoms with Crippen LogP contribution < -0.4 is 11.1 Å². The van der Waals surface area contributed by atoms with E-state index in [9.17, 15) is 22.4 Å². The van der Waals surface area contributed by atoms with E-state index in [1.807, 2.05) is 0 Å². The molecule has 0 saturated heterocycles. The van der Waals surface area contributed by atoms with Crippen LogP contribution in [0.1, 0.15) is 12.5 Å². The summed E-state index contributed by atoms with van der Waals surface area (Å²) in [5.74, 6) is -0.415. The Labute approximate surface area is 161 Å². The number of halogens is 1. The van der Waals surface area contributed by atoms with Gasteiger partial charge in [0.05, 0.1) is 22.5 Å². The number of hydrogen-bond donors (Lipinski definition) is 0. The fourth-order valence-corrected chi connectivity index (χ4v) is 3.93. The van der Waals surface area contributed by atoms with Gasteiger partial charge >= 0.3 is 11.1 Å². The van der Waals surface area contributed by atoms with Gasteiger partial charge in [-0.2, -0.15) is 0 Å². The summed E-state index contributed by atoms with van der Waals surface area (Å²) in [6, 6.07) is 9.88. The molecule has 0 spiro atoms. The zero-order valence-electron chi connectivity index (χ0n) is 15.7. The molecule has 0 bridgehead atoms. The molecular weight excluding hydrogens is 385 g/mol. The van der Waals surface area contributed by atoms with Gasteiger partial charge in [0.1, 0.15) is 5.82 Å². The molecule has 148 valence electrons. The summed E-state index contributed by atoms with van der Waals surface area (Å²) < 4.78 is 41.8. The molecule has 3 aromatic rings. The first kappa shape index (κ1) is 20.0. The maximum Gasteiger partial charge on any atom is 0.317 e. The third-order valence-electron chi connectivity index (χ3n) is 4.55. The van der Waals surface area contributed by atoms with E-state index in [0.717, 1.165) is 4.31 Å². The van der Waals surface area contributed by atoms with Crippen molar-refractivity contribution in [2.45, 2.75) is 24.9 Å². The molecule has 0 amide bonds. The van der Waals surface area contributed by atoms with E-state index in [1.54, 1.807) is 6.92 Å². The third kappa shape index (κ3) is 3.38. The van der Waals surface area contributed by atoms with Crippen molar-refractivity contribution < 1.29 is 12.8 Å². The summed E-state index contributed by atoms with van der Waals surface area (Å²) in [6.45, 7) is 2.01. The molecule has 2 aromatic carbocycles. The molecule has 9 heteroatoms. The van der Waals surface area contributed by atoms with E-state index < -0.39 is 27.0 Å². The second kappa shape index (κ2) is 7.33. The van der Waals surface area contributed by atoms with Crippen LogP contribution in [0.25, 0.3) is 11.0 Å². The van der Waals surface area contributed by atoms with Gasteiger partial charge in [0.15, 0.2) is 0 Å². The highest BCUT2D eigenvalue weighted by Crippen LogP contribution is 2.20. The summed E-state index contributed by atoms with van der Waals surface area (Å²) in [5.41, 5.74) is -0.0802. The van der Waals surface area contributed by atoms with Crippen LogP contribution in [0.4, 0.5) is 4.39 Å². The smallest absolute Gasteiger partial charge is 0.302 e. The highest BCUT2D eigenvalue weighted by atomic mass is 32.2. The Kier molecular flexibility index (Phi) is 5.22. The molecule has 1 heterocycles. The van der Waals surface area contributed by atoms with Crippen molar-refractivity contribution in [3.05, 3.63) is 74.6 Å². The van der Waals surface area contributed by atoms with Crippen LogP contribution in [0, 0.1) is 5.82 Å². The molecule has 0 atom stereocenters. The number of benzene rings is 2. The Morgan fingerprint density at radius 3 is 2.11 bits per heavy atom. The van der Waals surface area contributed by atoms with E-state index in [-0.39, 0.29) is 18.0 Å². The van der Waals surface area contributed by atoms with Gasteiger partial charge in [-0.05, 0) is 42.8 Å². The molecule has 7 nitrogen and oxygen atoms in total. The second-order valence-corrected chi connectivity index (χ2v) is 8.66. The predicted octanol–water partition coefficient (Wildman–Crippen LogP) is 1.62. The molecule has 0 aliphatic rings. The van der Waals surface area contributed by atoms with Crippen molar-refractivity contribution in [2.24, 2.45) is 0 Å². The Bertz CT molecular complexity index is 1260. The predicted molar refractivity (Wildman–Crippen MR) is 105 cm³/mol. The highest BCUT2D eigenvalue weighted by Gasteiger charge is 2.20. The molecule has 1 aromatic heterocycles. The van der Waals surface area contributed by atoms with Gasteiger partial charge in [-0.25, -0.2) is 17.1 Å². The summed E-state index contributed by atoms with van der Waals surface area (Å²) in [7, 11) is -0.896. The average molecular weight is 405 g/mol. The lowest BCUT2D eigenvalue weighted by atomic mass is 10.2. The molecule has 0 unspecified atom stereocenters. The van der Waals surface area contributed by atoms with Crippen LogP contribution in [0.5, 0.6) is 0 Å². The first-order valence-corrected chi connectivity index (χ1v) is 10.0. The van der Waals surface area contributed by atoms with Crippen LogP contribution in [0.15, 0.2) is 56.9 Å². The summed E-state index contributed by atoms with van der Waals surface area (Å²) in [4.78, 5) is 25.2. The van der Waals surface area contributed by atoms with E-state index in [2.05, 4.69) is 0 Å². The SMILES string of the molecule is CCn1c(=O)c(=O)n(Cc2ccc(F)cc2)c2cc(S(=O)(=O)N(C)C)ccc21. The van der Waals surface area contributed by atoms with Gasteiger partial charge < -0.3 is 4.57 Å². The van der Waals surface area contributed by atoms with Gasteiger partial charge in [0.25, 0.3) is 0 Å². The molecule has 3 rings (SSSR count). The van der Waals surface area contributed by atoms with Crippen molar-refractivity contribution in [1.82, 2.24) is 13.4 Å². The van der Waals surface area contributed by atoms with Crippen LogP contribution in [0.3, 0.4) is 0 Å². The van der Waals surface area contributed by atoms with Gasteiger partial charge in [0.2, 0.25) is 10.0 Å². The topological polar surface area (TPSA) is 81.4 Å². The molecule has 28 heavy (non-hydrogen) atoms. The average Bonchev–Trinajstić information content (AvgIpc) is 2.66. The molecule has 0 N–H and O–H groups in total. The molecule has 0 saturated carbocycles. The Balaban J connectivity index is 2.34. The van der Waals surface area contributed by atoms with Crippen LogP contribution in [-0.2, 0) is 23.1 Å². The summed E-state index contributed by atoms with van der Waals surface area (Å²) in [6.07, 6.45) is 0. The summed E-state index contributed by atoms with van der Waals surface area (Å²) in [5, 5.41) is 0. The minimum Gasteiger partial charge on any atom is -0.302 e. The Morgan fingerprint density at radius 2 is 1.54 bits per heavy atom. The van der Waals surface area contributed by atoms with Gasteiger partial charge in [-0.3, -0.25) is 14.2 Å². The monoisotopic (exact) mass is 405 g/mol. The van der Waals surface area contributed by atoms with Gasteiger partial charge in [0, 0.05) is 20.6 Å². The molecule has 0 fully saturated rings. The Hall–Kier alpha value is -2.78. The maximum absolute atomic E-state index is 13.2. The lowest BCUT2D eigenvalue weighted by Gasteiger charge is -2.17. The molecule has 0 radical (unpaired) electrons. The van der Waals surface area contributed by atoms with Crippen molar-refractivity contribution in [3.8, 4) is 0 Å². The number of rotatable bonds is 5. The number of hydrogen-bond acceptors (Lipinski definition) is 4. The minimum absolute atomic E-state index is 0.0126. The number of fused-ring (bicyclic) bond motifs is 1. The maximum atomic E-state index is 13.2. The zero-order chi connectivity index (χ0) is 20.6. The van der Waals surface area contributed by atoms with Crippen LogP contribution >= 0.6 is 0 Å². The number of sulfonamides is 1. The lowest BCUT2D eigenvalue weighted by Crippen LogP contribution is -2.41. The fraction of sp³-hybridized carbons (Fsp3) is 0.263. The number of aryl methyl sites for hydroxylation is 1. The number of nitrogens with zero attached hydrogens (tertiary/aromatic N) is 3. The lowest BCUT2D eigenvalue weighted by molar-refractivity contribution is 0.520. The second-order valence-electron chi connectivity index (χ2n) is 6.51. The van der Waals surface area contributed by atoms with Crippen LogP contribution in [-0.4, -0.2) is 36.0 Å². The third-order valence-corrected chi connectivity index (χ3v) is 6.36. The normalized spacial score (nSPS) is 12.0. The minimum atomic E-state index is -3.73.